The maximum Gasteiger partial charge on any atom is 0.319 e. The molecule has 0 saturated heterocycles. The fraction of sp³-hybridized carbons (Fsp3) is 0.231. The number of nitrogens with zero attached hydrogens (tertiary/aromatic N) is 1. The number of urea groups is 1. The molecule has 2 N–H and O–H groups in total. The molecule has 1 aliphatic heterocycles. The molecule has 0 aliphatic carbocycles. The highest BCUT2D eigenvalue weighted by molar-refractivity contribution is 6.07. The second-order valence-electron chi connectivity index (χ2n) is 7.77. The number of carbonyl (C=O) groups excluding carboxylic acids is 2. The number of hydrogen-bond donors (Lipinski definition) is 2. The van der Waals surface area contributed by atoms with Crippen molar-refractivity contribution in [2.75, 3.05) is 31.0 Å². The van der Waals surface area contributed by atoms with Gasteiger partial charge in [-0.25, -0.2) is 4.79 Å². The Balaban J connectivity index is 1.40. The maximum absolute atomic E-state index is 13.0. The van der Waals surface area contributed by atoms with Gasteiger partial charge in [0.1, 0.15) is 0 Å². The van der Waals surface area contributed by atoms with E-state index in [-0.39, 0.29) is 11.9 Å². The number of methoxy groups -OCH3 is 2. The summed E-state index contributed by atoms with van der Waals surface area (Å²) < 4.78 is 10.5. The number of rotatable bonds is 6. The molecule has 1 heterocycles. The van der Waals surface area contributed by atoms with Crippen LogP contribution in [0, 0.1) is 0 Å². The molecule has 0 fully saturated rings. The number of ether oxygens (including phenoxy) is 2. The topological polar surface area (TPSA) is 79.9 Å². The van der Waals surface area contributed by atoms with E-state index < -0.39 is 0 Å². The van der Waals surface area contributed by atoms with E-state index in [1.54, 1.807) is 20.3 Å². The molecule has 33 heavy (non-hydrogen) atoms. The first-order valence-corrected chi connectivity index (χ1v) is 10.8. The molecule has 0 spiro atoms. The number of anilines is 2. The predicted molar refractivity (Wildman–Crippen MR) is 128 cm³/mol. The highest BCUT2D eigenvalue weighted by atomic mass is 16.5. The summed E-state index contributed by atoms with van der Waals surface area (Å²) in [5.74, 6) is 1.24. The Morgan fingerprint density at radius 3 is 2.48 bits per heavy atom. The molecular weight excluding hydrogens is 418 g/mol. The molecule has 4 rings (SSSR count). The lowest BCUT2D eigenvalue weighted by Crippen LogP contribution is -2.35. The van der Waals surface area contributed by atoms with E-state index in [0.29, 0.717) is 35.8 Å². The van der Waals surface area contributed by atoms with Crippen LogP contribution in [0.5, 0.6) is 11.5 Å². The lowest BCUT2D eigenvalue weighted by atomic mass is 10.00. The third kappa shape index (κ3) is 5.09. The summed E-state index contributed by atoms with van der Waals surface area (Å²) in [6.45, 7) is 1.02. The van der Waals surface area contributed by atoms with Crippen LogP contribution in [0.2, 0.25) is 0 Å². The number of aryl methyl sites for hydroxylation is 1. The van der Waals surface area contributed by atoms with Crippen LogP contribution < -0.4 is 25.0 Å². The Hall–Kier alpha value is -4.00. The molecule has 0 unspecified atom stereocenters. The molecule has 7 nitrogen and oxygen atoms in total. The molecule has 7 heteroatoms. The molecule has 0 bridgehead atoms. The highest BCUT2D eigenvalue weighted by Gasteiger charge is 2.23. The van der Waals surface area contributed by atoms with Gasteiger partial charge in [-0.05, 0) is 66.4 Å². The van der Waals surface area contributed by atoms with Crippen LogP contribution in [0.4, 0.5) is 16.2 Å². The average molecular weight is 446 g/mol. The molecule has 1 aliphatic rings. The summed E-state index contributed by atoms with van der Waals surface area (Å²) in [6, 6.07) is 20.2. The number of benzene rings is 3. The fourth-order valence-electron chi connectivity index (χ4n) is 3.97. The van der Waals surface area contributed by atoms with Gasteiger partial charge in [0.2, 0.25) is 0 Å². The molecular formula is C26H27N3O4. The van der Waals surface area contributed by atoms with Gasteiger partial charge in [-0.2, -0.15) is 0 Å². The summed E-state index contributed by atoms with van der Waals surface area (Å²) in [5, 5.41) is 5.73. The van der Waals surface area contributed by atoms with Crippen LogP contribution in [0.1, 0.15) is 27.9 Å². The predicted octanol–water partition coefficient (Wildman–Crippen LogP) is 4.62. The van der Waals surface area contributed by atoms with E-state index in [1.807, 2.05) is 65.6 Å². The summed E-state index contributed by atoms with van der Waals surface area (Å²) in [5.41, 5.74) is 4.19. The van der Waals surface area contributed by atoms with Crippen LogP contribution in [0.3, 0.4) is 0 Å². The zero-order valence-corrected chi connectivity index (χ0v) is 18.8. The Morgan fingerprint density at radius 2 is 1.73 bits per heavy atom. The average Bonchev–Trinajstić information content (AvgIpc) is 2.86. The first-order chi connectivity index (χ1) is 16.1. The summed E-state index contributed by atoms with van der Waals surface area (Å²) in [7, 11) is 3.16. The van der Waals surface area contributed by atoms with E-state index >= 15 is 0 Å². The van der Waals surface area contributed by atoms with Crippen molar-refractivity contribution in [3.63, 3.8) is 0 Å². The standard InChI is InChI=1S/C26H27N3O4/c1-32-23-13-10-18(15-24(23)33-2)17-27-26(31)28-21-11-12-22-20(16-21)9-6-14-29(22)25(30)19-7-4-3-5-8-19/h3-5,7-8,10-13,15-16H,6,9,14,17H2,1-2H3,(H2,27,28,31). The van der Waals surface area contributed by atoms with Gasteiger partial charge in [0.25, 0.3) is 5.91 Å². The number of amides is 3. The van der Waals surface area contributed by atoms with Crippen LogP contribution in [-0.4, -0.2) is 32.7 Å². The Kier molecular flexibility index (Phi) is 6.78. The molecule has 0 radical (unpaired) electrons. The minimum atomic E-state index is -0.308. The molecule has 0 aromatic heterocycles. The summed E-state index contributed by atoms with van der Waals surface area (Å²) in [4.78, 5) is 27.2. The van der Waals surface area contributed by atoms with Crippen molar-refractivity contribution >= 4 is 23.3 Å². The van der Waals surface area contributed by atoms with Gasteiger partial charge in [0.15, 0.2) is 11.5 Å². The largest absolute Gasteiger partial charge is 0.493 e. The van der Waals surface area contributed by atoms with E-state index in [1.165, 1.54) is 0 Å². The molecule has 3 aromatic carbocycles. The monoisotopic (exact) mass is 445 g/mol. The van der Waals surface area contributed by atoms with Crippen LogP contribution in [0.25, 0.3) is 0 Å². The normalized spacial score (nSPS) is 12.5. The van der Waals surface area contributed by atoms with Crippen LogP contribution in [-0.2, 0) is 13.0 Å². The number of fused-ring (bicyclic) bond motifs is 1. The Morgan fingerprint density at radius 1 is 0.939 bits per heavy atom. The molecule has 0 saturated carbocycles. The first-order valence-electron chi connectivity index (χ1n) is 10.8. The number of hydrogen-bond acceptors (Lipinski definition) is 4. The van der Waals surface area contributed by atoms with Crippen molar-refractivity contribution in [1.82, 2.24) is 5.32 Å². The number of nitrogens with one attached hydrogen (secondary N) is 2. The van der Waals surface area contributed by atoms with E-state index in [4.69, 9.17) is 9.47 Å². The minimum Gasteiger partial charge on any atom is -0.493 e. The van der Waals surface area contributed by atoms with Crippen molar-refractivity contribution < 1.29 is 19.1 Å². The van der Waals surface area contributed by atoms with Crippen LogP contribution >= 0.6 is 0 Å². The maximum atomic E-state index is 13.0. The zero-order valence-electron chi connectivity index (χ0n) is 18.8. The quantitative estimate of drug-likeness (QED) is 0.580. The minimum absolute atomic E-state index is 0.00933. The van der Waals surface area contributed by atoms with Crippen molar-refractivity contribution in [1.29, 1.82) is 0 Å². The summed E-state index contributed by atoms with van der Waals surface area (Å²) in [6.07, 6.45) is 1.73. The second kappa shape index (κ2) is 10.1. The zero-order chi connectivity index (χ0) is 23.2. The van der Waals surface area contributed by atoms with E-state index in [2.05, 4.69) is 10.6 Å². The van der Waals surface area contributed by atoms with Gasteiger partial charge in [-0.3, -0.25) is 4.79 Å². The smallest absolute Gasteiger partial charge is 0.319 e. The van der Waals surface area contributed by atoms with E-state index in [0.717, 1.165) is 29.7 Å². The lowest BCUT2D eigenvalue weighted by molar-refractivity contribution is 0.0985. The fourth-order valence-corrected chi connectivity index (χ4v) is 3.97. The highest BCUT2D eigenvalue weighted by Crippen LogP contribution is 2.31. The third-order valence-electron chi connectivity index (χ3n) is 5.62. The summed E-state index contributed by atoms with van der Waals surface area (Å²) >= 11 is 0. The van der Waals surface area contributed by atoms with Crippen molar-refractivity contribution in [3.8, 4) is 11.5 Å². The van der Waals surface area contributed by atoms with Gasteiger partial charge in [0, 0.05) is 30.0 Å². The van der Waals surface area contributed by atoms with E-state index in [9.17, 15) is 9.59 Å². The first kappa shape index (κ1) is 22.2. The number of carbonyl (C=O) groups is 2. The lowest BCUT2D eigenvalue weighted by Gasteiger charge is -2.30. The van der Waals surface area contributed by atoms with Gasteiger partial charge < -0.3 is 25.0 Å². The Bertz CT molecular complexity index is 1150. The second-order valence-corrected chi connectivity index (χ2v) is 7.77. The Labute approximate surface area is 193 Å². The third-order valence-corrected chi connectivity index (χ3v) is 5.62. The SMILES string of the molecule is COc1ccc(CNC(=O)Nc2ccc3c(c2)CCCN3C(=O)c2ccccc2)cc1OC. The molecule has 0 atom stereocenters. The van der Waals surface area contributed by atoms with Crippen molar-refractivity contribution in [2.45, 2.75) is 19.4 Å². The van der Waals surface area contributed by atoms with Crippen molar-refractivity contribution in [3.05, 3.63) is 83.4 Å². The molecule has 3 amide bonds. The van der Waals surface area contributed by atoms with Gasteiger partial charge in [-0.15, -0.1) is 0 Å². The van der Waals surface area contributed by atoms with Gasteiger partial charge >= 0.3 is 6.03 Å². The molecule has 170 valence electrons. The molecule has 3 aromatic rings. The van der Waals surface area contributed by atoms with Gasteiger partial charge in [-0.1, -0.05) is 24.3 Å². The van der Waals surface area contributed by atoms with Gasteiger partial charge in [0.05, 0.1) is 14.2 Å². The van der Waals surface area contributed by atoms with Crippen LogP contribution in [0.15, 0.2) is 66.7 Å². The van der Waals surface area contributed by atoms with Crippen molar-refractivity contribution in [2.24, 2.45) is 0 Å².